The van der Waals surface area contributed by atoms with Gasteiger partial charge in [0.05, 0.1) is 11.9 Å². The molecule has 4 rings (SSSR count). The van der Waals surface area contributed by atoms with E-state index >= 15 is 0 Å². The van der Waals surface area contributed by atoms with E-state index in [9.17, 15) is 19.8 Å². The van der Waals surface area contributed by atoms with E-state index in [1.54, 1.807) is 48.5 Å². The van der Waals surface area contributed by atoms with Crippen LogP contribution >= 0.6 is 23.2 Å². The first-order chi connectivity index (χ1) is 13.4. The number of carboxylic acids is 2. The van der Waals surface area contributed by atoms with Gasteiger partial charge in [-0.1, -0.05) is 71.7 Å². The molecular formula is C22H12Cl2HgO4. The molecule has 0 aromatic heterocycles. The van der Waals surface area contributed by atoms with Crippen LogP contribution in [0.2, 0.25) is 10.0 Å². The van der Waals surface area contributed by atoms with Gasteiger partial charge in [0.1, 0.15) is 0 Å². The van der Waals surface area contributed by atoms with Crippen LogP contribution in [-0.2, 0) is 27.7 Å². The van der Waals surface area contributed by atoms with Gasteiger partial charge in [0.15, 0.2) is 0 Å². The zero-order chi connectivity index (χ0) is 20.3. The number of carbonyl (C=O) groups is 2. The summed E-state index contributed by atoms with van der Waals surface area (Å²) in [4.78, 5) is 21.5. The zero-order valence-electron chi connectivity index (χ0n) is 15.0. The summed E-state index contributed by atoms with van der Waals surface area (Å²) in [5.41, 5.74) is 0.343. The number of carbonyl (C=O) groups excluding carboxylic acids is 2. The molecule has 140 valence electrons. The zero-order valence-corrected chi connectivity index (χ0v) is 22.0. The first-order valence-corrected chi connectivity index (χ1v) is 8.91. The number of fused-ring (bicyclic) bond motifs is 2. The number of benzene rings is 4. The molecule has 0 amide bonds. The monoisotopic (exact) mass is 612 g/mol. The third-order valence-electron chi connectivity index (χ3n) is 4.13. The summed E-state index contributed by atoms with van der Waals surface area (Å²) in [6.45, 7) is 0. The molecule has 0 aliphatic carbocycles. The predicted octanol–water partition coefficient (Wildman–Crippen LogP) is 3.71. The molecule has 0 heterocycles. The Morgan fingerprint density at radius 2 is 1.00 bits per heavy atom. The van der Waals surface area contributed by atoms with Crippen LogP contribution in [0.4, 0.5) is 0 Å². The minimum Gasteiger partial charge on any atom is -0.545 e. The molecule has 4 nitrogen and oxygen atoms in total. The Labute approximate surface area is 197 Å². The number of halogens is 2. The van der Waals surface area contributed by atoms with Gasteiger partial charge in [-0.15, -0.1) is 0 Å². The van der Waals surface area contributed by atoms with Crippen molar-refractivity contribution < 1.29 is 47.5 Å². The molecule has 4 aromatic carbocycles. The standard InChI is InChI=1S/2C11H7ClO2.Hg/c2*12-8-5-4-7-2-1-3-9(11(13)14)10(7)6-8;/h2*1-6H,(H,13,14);/q;;+2/p-2. The Morgan fingerprint density at radius 1 is 0.621 bits per heavy atom. The van der Waals surface area contributed by atoms with Gasteiger partial charge in [0, 0.05) is 21.2 Å². The van der Waals surface area contributed by atoms with Crippen molar-refractivity contribution in [3.05, 3.63) is 94.0 Å². The molecule has 0 bridgehead atoms. The summed E-state index contributed by atoms with van der Waals surface area (Å²) >= 11 is 11.6. The number of aromatic carboxylic acids is 2. The summed E-state index contributed by atoms with van der Waals surface area (Å²) in [6.07, 6.45) is 0. The molecular weight excluding hydrogens is 600 g/mol. The fourth-order valence-corrected chi connectivity index (χ4v) is 3.19. The third kappa shape index (κ3) is 5.47. The second-order valence-electron chi connectivity index (χ2n) is 5.92. The molecule has 0 unspecified atom stereocenters. The van der Waals surface area contributed by atoms with Gasteiger partial charge in [-0.3, -0.25) is 0 Å². The maximum atomic E-state index is 10.8. The average molecular weight is 612 g/mol. The summed E-state index contributed by atoms with van der Waals surface area (Å²) in [5, 5.41) is 25.5. The van der Waals surface area contributed by atoms with Crippen molar-refractivity contribution in [1.82, 2.24) is 0 Å². The normalized spacial score (nSPS) is 10.0. The predicted molar refractivity (Wildman–Crippen MR) is 107 cm³/mol. The van der Waals surface area contributed by atoms with Gasteiger partial charge in [0.2, 0.25) is 0 Å². The van der Waals surface area contributed by atoms with Gasteiger partial charge < -0.3 is 19.8 Å². The molecule has 4 aromatic rings. The van der Waals surface area contributed by atoms with Crippen LogP contribution in [0.3, 0.4) is 0 Å². The van der Waals surface area contributed by atoms with E-state index in [0.717, 1.165) is 10.8 Å². The molecule has 0 atom stereocenters. The van der Waals surface area contributed by atoms with E-state index in [2.05, 4.69) is 0 Å². The minimum absolute atomic E-state index is 0. The van der Waals surface area contributed by atoms with E-state index < -0.39 is 11.9 Å². The van der Waals surface area contributed by atoms with Crippen molar-refractivity contribution in [3.8, 4) is 0 Å². The average Bonchev–Trinajstić information content (AvgIpc) is 2.67. The van der Waals surface area contributed by atoms with E-state index in [-0.39, 0.29) is 38.8 Å². The van der Waals surface area contributed by atoms with Crippen LogP contribution in [0.5, 0.6) is 0 Å². The Hall–Kier alpha value is -2.14. The molecule has 0 spiro atoms. The Morgan fingerprint density at radius 3 is 1.34 bits per heavy atom. The molecule has 0 fully saturated rings. The van der Waals surface area contributed by atoms with Crippen LogP contribution in [0.25, 0.3) is 21.5 Å². The molecule has 0 saturated heterocycles. The van der Waals surface area contributed by atoms with Gasteiger partial charge in [-0.05, 0) is 45.8 Å². The van der Waals surface area contributed by atoms with E-state index in [1.807, 2.05) is 12.1 Å². The fourth-order valence-electron chi connectivity index (χ4n) is 2.85. The van der Waals surface area contributed by atoms with Gasteiger partial charge in [-0.25, -0.2) is 0 Å². The maximum absolute atomic E-state index is 10.8. The summed E-state index contributed by atoms with van der Waals surface area (Å²) in [5.74, 6) is -2.37. The van der Waals surface area contributed by atoms with Crippen molar-refractivity contribution in [3.63, 3.8) is 0 Å². The van der Waals surface area contributed by atoms with Crippen LogP contribution in [-0.4, -0.2) is 11.9 Å². The smallest absolute Gasteiger partial charge is 0.545 e. The Balaban J connectivity index is 0.000000200. The van der Waals surface area contributed by atoms with E-state index in [0.29, 0.717) is 20.8 Å². The third-order valence-corrected chi connectivity index (χ3v) is 4.60. The largest absolute Gasteiger partial charge is 2.00 e. The molecule has 0 saturated carbocycles. The summed E-state index contributed by atoms with van der Waals surface area (Å²) in [7, 11) is 0. The van der Waals surface area contributed by atoms with Crippen molar-refractivity contribution in [1.29, 1.82) is 0 Å². The van der Waals surface area contributed by atoms with Gasteiger partial charge in [-0.2, -0.15) is 0 Å². The fraction of sp³-hybridized carbons (Fsp3) is 0. The number of hydrogen-bond donors (Lipinski definition) is 0. The molecule has 0 N–H and O–H groups in total. The Bertz CT molecular complexity index is 1110. The second-order valence-corrected chi connectivity index (χ2v) is 6.79. The topological polar surface area (TPSA) is 80.3 Å². The first-order valence-electron chi connectivity index (χ1n) is 8.16. The van der Waals surface area contributed by atoms with Crippen LogP contribution in [0, 0.1) is 0 Å². The van der Waals surface area contributed by atoms with Crippen molar-refractivity contribution in [2.75, 3.05) is 0 Å². The number of carboxylic acid groups (broad SMARTS) is 2. The summed E-state index contributed by atoms with van der Waals surface area (Å²) in [6, 6.07) is 20.3. The quantitative estimate of drug-likeness (QED) is 0.324. The van der Waals surface area contributed by atoms with Crippen LogP contribution < -0.4 is 10.2 Å². The first kappa shape index (κ1) is 23.1. The Kier molecular flexibility index (Phi) is 8.02. The van der Waals surface area contributed by atoms with Gasteiger partial charge >= 0.3 is 27.7 Å². The van der Waals surface area contributed by atoms with E-state index in [1.165, 1.54) is 12.1 Å². The number of rotatable bonds is 2. The van der Waals surface area contributed by atoms with Crippen LogP contribution in [0.15, 0.2) is 72.8 Å². The van der Waals surface area contributed by atoms with Crippen molar-refractivity contribution in [2.45, 2.75) is 0 Å². The minimum atomic E-state index is -1.18. The SMILES string of the molecule is O=C([O-])c1cccc2ccc(Cl)cc12.O=C([O-])c1cccc2ccc(Cl)cc12.[Hg+2]. The number of hydrogen-bond acceptors (Lipinski definition) is 4. The molecule has 7 heteroatoms. The molecule has 0 radical (unpaired) electrons. The van der Waals surface area contributed by atoms with Crippen LogP contribution in [0.1, 0.15) is 20.7 Å². The van der Waals surface area contributed by atoms with Crippen molar-refractivity contribution >= 4 is 56.7 Å². The molecule has 29 heavy (non-hydrogen) atoms. The molecule has 0 aliphatic heterocycles. The van der Waals surface area contributed by atoms with Gasteiger partial charge in [0.25, 0.3) is 0 Å². The maximum Gasteiger partial charge on any atom is 2.00 e. The van der Waals surface area contributed by atoms with E-state index in [4.69, 9.17) is 23.2 Å². The molecule has 0 aliphatic rings. The second kappa shape index (κ2) is 10.1. The summed E-state index contributed by atoms with van der Waals surface area (Å²) < 4.78 is 0. The van der Waals surface area contributed by atoms with Crippen molar-refractivity contribution in [2.24, 2.45) is 0 Å².